The lowest BCUT2D eigenvalue weighted by atomic mass is 10.1. The molecule has 0 saturated carbocycles. The van der Waals surface area contributed by atoms with E-state index in [-0.39, 0.29) is 6.10 Å². The predicted molar refractivity (Wildman–Crippen MR) is 94.7 cm³/mol. The van der Waals surface area contributed by atoms with Crippen molar-refractivity contribution in [2.24, 2.45) is 0 Å². The summed E-state index contributed by atoms with van der Waals surface area (Å²) in [6.45, 7) is 3.59. The van der Waals surface area contributed by atoms with Crippen molar-refractivity contribution in [3.63, 3.8) is 0 Å². The van der Waals surface area contributed by atoms with E-state index < -0.39 is 0 Å². The van der Waals surface area contributed by atoms with E-state index in [1.54, 1.807) is 14.2 Å². The molecule has 3 rings (SSSR count). The molecule has 0 radical (unpaired) electrons. The highest BCUT2D eigenvalue weighted by atomic mass is 16.5. The number of rotatable bonds is 6. The summed E-state index contributed by atoms with van der Waals surface area (Å²) in [6.07, 6.45) is 1.21. The van der Waals surface area contributed by atoms with Gasteiger partial charge >= 0.3 is 0 Å². The van der Waals surface area contributed by atoms with Crippen LogP contribution < -0.4 is 9.47 Å². The molecule has 128 valence electrons. The van der Waals surface area contributed by atoms with Crippen molar-refractivity contribution in [1.29, 1.82) is 0 Å². The smallest absolute Gasteiger partial charge is 0.161 e. The van der Waals surface area contributed by atoms with Gasteiger partial charge in [0.25, 0.3) is 0 Å². The first kappa shape index (κ1) is 16.8. The van der Waals surface area contributed by atoms with Gasteiger partial charge < -0.3 is 14.2 Å². The number of ether oxygens (including phenoxy) is 3. The molecule has 24 heavy (non-hydrogen) atoms. The first-order valence-electron chi connectivity index (χ1n) is 8.37. The van der Waals surface area contributed by atoms with Crippen LogP contribution >= 0.6 is 0 Å². The Bertz CT molecular complexity index is 645. The summed E-state index contributed by atoms with van der Waals surface area (Å²) >= 11 is 0. The minimum absolute atomic E-state index is 0.251. The summed E-state index contributed by atoms with van der Waals surface area (Å²) in [5.41, 5.74) is 2.56. The Hall–Kier alpha value is -2.04. The van der Waals surface area contributed by atoms with Crippen molar-refractivity contribution < 1.29 is 14.2 Å². The molecule has 0 N–H and O–H groups in total. The zero-order chi connectivity index (χ0) is 16.8. The molecule has 1 aliphatic rings. The highest BCUT2D eigenvalue weighted by Crippen LogP contribution is 2.28. The summed E-state index contributed by atoms with van der Waals surface area (Å²) in [7, 11) is 3.33. The highest BCUT2D eigenvalue weighted by molar-refractivity contribution is 5.42. The van der Waals surface area contributed by atoms with E-state index in [9.17, 15) is 0 Å². The number of methoxy groups -OCH3 is 2. The third-order valence-electron chi connectivity index (χ3n) is 4.38. The van der Waals surface area contributed by atoms with Crippen LogP contribution in [0.25, 0.3) is 0 Å². The lowest BCUT2D eigenvalue weighted by Crippen LogP contribution is -2.42. The summed E-state index contributed by atoms with van der Waals surface area (Å²) < 4.78 is 16.6. The van der Waals surface area contributed by atoms with Crippen molar-refractivity contribution >= 4 is 0 Å². The van der Waals surface area contributed by atoms with E-state index in [2.05, 4.69) is 47.4 Å². The molecule has 1 heterocycles. The zero-order valence-corrected chi connectivity index (χ0v) is 14.4. The molecular weight excluding hydrogens is 302 g/mol. The topological polar surface area (TPSA) is 30.9 Å². The van der Waals surface area contributed by atoms with E-state index in [4.69, 9.17) is 14.2 Å². The van der Waals surface area contributed by atoms with Crippen molar-refractivity contribution in [2.45, 2.75) is 19.1 Å². The monoisotopic (exact) mass is 327 g/mol. The lowest BCUT2D eigenvalue weighted by Gasteiger charge is -2.33. The summed E-state index contributed by atoms with van der Waals surface area (Å²) in [5, 5.41) is 0. The minimum atomic E-state index is 0.251. The molecule has 1 saturated heterocycles. The quantitative estimate of drug-likeness (QED) is 0.815. The minimum Gasteiger partial charge on any atom is -0.493 e. The summed E-state index contributed by atoms with van der Waals surface area (Å²) in [6, 6.07) is 16.7. The van der Waals surface area contributed by atoms with Crippen molar-refractivity contribution in [2.75, 3.05) is 33.9 Å². The van der Waals surface area contributed by atoms with Gasteiger partial charge in [0.05, 0.1) is 26.9 Å². The zero-order valence-electron chi connectivity index (χ0n) is 14.4. The number of hydrogen-bond acceptors (Lipinski definition) is 4. The third kappa shape index (κ3) is 4.28. The Morgan fingerprint density at radius 1 is 1.00 bits per heavy atom. The Morgan fingerprint density at radius 3 is 2.54 bits per heavy atom. The second-order valence-electron chi connectivity index (χ2n) is 6.11. The first-order chi connectivity index (χ1) is 11.8. The van der Waals surface area contributed by atoms with E-state index >= 15 is 0 Å². The van der Waals surface area contributed by atoms with Gasteiger partial charge in [-0.1, -0.05) is 36.4 Å². The molecule has 2 aromatic rings. The number of morpholine rings is 1. The van der Waals surface area contributed by atoms with Gasteiger partial charge in [0.2, 0.25) is 0 Å². The maximum atomic E-state index is 5.94. The predicted octanol–water partition coefficient (Wildman–Crippen LogP) is 3.15. The molecule has 0 amide bonds. The third-order valence-corrected chi connectivity index (χ3v) is 4.38. The van der Waals surface area contributed by atoms with Gasteiger partial charge in [-0.15, -0.1) is 0 Å². The lowest BCUT2D eigenvalue weighted by molar-refractivity contribution is -0.0305. The second-order valence-corrected chi connectivity index (χ2v) is 6.11. The van der Waals surface area contributed by atoms with Gasteiger partial charge in [-0.3, -0.25) is 4.90 Å². The molecule has 0 unspecified atom stereocenters. The van der Waals surface area contributed by atoms with Crippen LogP contribution in [-0.4, -0.2) is 44.9 Å². The van der Waals surface area contributed by atoms with Crippen molar-refractivity contribution in [1.82, 2.24) is 4.90 Å². The van der Waals surface area contributed by atoms with Crippen LogP contribution in [-0.2, 0) is 17.7 Å². The fourth-order valence-corrected chi connectivity index (χ4v) is 3.16. The highest BCUT2D eigenvalue weighted by Gasteiger charge is 2.21. The SMILES string of the molecule is COc1ccc(CN2CCO[C@H](Cc3ccccc3)C2)cc1OC. The largest absolute Gasteiger partial charge is 0.493 e. The molecular formula is C20H25NO3. The van der Waals surface area contributed by atoms with Gasteiger partial charge in [-0.25, -0.2) is 0 Å². The van der Waals surface area contributed by atoms with E-state index in [0.29, 0.717) is 0 Å². The maximum Gasteiger partial charge on any atom is 0.161 e. The average molecular weight is 327 g/mol. The van der Waals surface area contributed by atoms with Crippen LogP contribution in [0.15, 0.2) is 48.5 Å². The van der Waals surface area contributed by atoms with E-state index in [0.717, 1.165) is 44.2 Å². The van der Waals surface area contributed by atoms with Crippen molar-refractivity contribution in [3.8, 4) is 11.5 Å². The normalized spacial score (nSPS) is 18.3. The van der Waals surface area contributed by atoms with Crippen LogP contribution in [0.3, 0.4) is 0 Å². The van der Waals surface area contributed by atoms with Crippen LogP contribution in [0.1, 0.15) is 11.1 Å². The van der Waals surface area contributed by atoms with Gasteiger partial charge in [-0.05, 0) is 29.7 Å². The standard InChI is InChI=1S/C20H25NO3/c1-22-19-9-8-17(13-20(19)23-2)14-21-10-11-24-18(15-21)12-16-6-4-3-5-7-16/h3-9,13,18H,10-12,14-15H2,1-2H3/t18-/m1/s1. The second kappa shape index (κ2) is 8.18. The molecule has 1 fully saturated rings. The van der Waals surface area contributed by atoms with Crippen LogP contribution in [0, 0.1) is 0 Å². The van der Waals surface area contributed by atoms with E-state index in [1.807, 2.05) is 6.07 Å². The fraction of sp³-hybridized carbons (Fsp3) is 0.400. The Kier molecular flexibility index (Phi) is 5.72. The molecule has 1 aliphatic heterocycles. The van der Waals surface area contributed by atoms with Gasteiger partial charge in [-0.2, -0.15) is 0 Å². The molecule has 4 nitrogen and oxygen atoms in total. The van der Waals surface area contributed by atoms with Crippen LogP contribution in [0.4, 0.5) is 0 Å². The van der Waals surface area contributed by atoms with Gasteiger partial charge in [0.1, 0.15) is 0 Å². The molecule has 0 aromatic heterocycles. The Labute approximate surface area is 144 Å². The molecule has 0 aliphatic carbocycles. The summed E-state index contributed by atoms with van der Waals surface area (Å²) in [5.74, 6) is 1.55. The molecule has 2 aromatic carbocycles. The number of nitrogens with zero attached hydrogens (tertiary/aromatic N) is 1. The Balaban J connectivity index is 1.61. The first-order valence-corrected chi connectivity index (χ1v) is 8.37. The molecule has 4 heteroatoms. The molecule has 0 spiro atoms. The number of hydrogen-bond donors (Lipinski definition) is 0. The summed E-state index contributed by atoms with van der Waals surface area (Å²) in [4.78, 5) is 2.44. The maximum absolute atomic E-state index is 5.94. The van der Waals surface area contributed by atoms with Crippen molar-refractivity contribution in [3.05, 3.63) is 59.7 Å². The number of benzene rings is 2. The van der Waals surface area contributed by atoms with E-state index in [1.165, 1.54) is 11.1 Å². The Morgan fingerprint density at radius 2 is 1.79 bits per heavy atom. The fourth-order valence-electron chi connectivity index (χ4n) is 3.16. The van der Waals surface area contributed by atoms with Crippen LogP contribution in [0.5, 0.6) is 11.5 Å². The molecule has 0 bridgehead atoms. The van der Waals surface area contributed by atoms with Gasteiger partial charge in [0, 0.05) is 19.6 Å². The molecule has 1 atom stereocenters. The average Bonchev–Trinajstić information content (AvgIpc) is 2.63. The van der Waals surface area contributed by atoms with Gasteiger partial charge in [0.15, 0.2) is 11.5 Å². The van der Waals surface area contributed by atoms with Crippen LogP contribution in [0.2, 0.25) is 0 Å².